The number of ketones is 2. The van der Waals surface area contributed by atoms with Crippen molar-refractivity contribution in [3.8, 4) is 11.5 Å². The Morgan fingerprint density at radius 3 is 2.09 bits per heavy atom. The number of fused-ring (bicyclic) bond motifs is 1. The zero-order valence-electron chi connectivity index (χ0n) is 26.7. The van der Waals surface area contributed by atoms with Crippen molar-refractivity contribution in [1.82, 2.24) is 4.90 Å². The first-order chi connectivity index (χ1) is 20.9. The molecule has 0 bridgehead atoms. The van der Waals surface area contributed by atoms with Gasteiger partial charge in [0.15, 0.2) is 23.1 Å². The summed E-state index contributed by atoms with van der Waals surface area (Å²) in [7, 11) is 1.60. The molecule has 6 heteroatoms. The van der Waals surface area contributed by atoms with Crippen molar-refractivity contribution in [3.63, 3.8) is 0 Å². The number of rotatable bonds is 7. The molecule has 0 spiro atoms. The van der Waals surface area contributed by atoms with Crippen LogP contribution in [0.5, 0.6) is 11.5 Å². The smallest absolute Gasteiger partial charge is 0.180 e. The third-order valence-corrected chi connectivity index (χ3v) is 9.59. The van der Waals surface area contributed by atoms with E-state index in [0.29, 0.717) is 36.0 Å². The Morgan fingerprint density at radius 2 is 1.48 bits per heavy atom. The van der Waals surface area contributed by atoms with Crippen molar-refractivity contribution < 1.29 is 19.1 Å². The van der Waals surface area contributed by atoms with Gasteiger partial charge in [0, 0.05) is 47.8 Å². The number of carbonyl (C=O) groups is 2. The maximum atomic E-state index is 14.1. The van der Waals surface area contributed by atoms with Crippen molar-refractivity contribution in [3.05, 3.63) is 93.3 Å². The first kappa shape index (κ1) is 30.5. The third-order valence-electron chi connectivity index (χ3n) is 9.31. The van der Waals surface area contributed by atoms with Gasteiger partial charge in [0.2, 0.25) is 0 Å². The van der Waals surface area contributed by atoms with E-state index in [4.69, 9.17) is 21.1 Å². The minimum absolute atomic E-state index is 0.109. The van der Waals surface area contributed by atoms with Crippen LogP contribution >= 0.6 is 11.6 Å². The van der Waals surface area contributed by atoms with Gasteiger partial charge in [0.1, 0.15) is 6.61 Å². The van der Waals surface area contributed by atoms with Crippen LogP contribution in [0.15, 0.2) is 77.1 Å². The first-order valence-corrected chi connectivity index (χ1v) is 16.1. The van der Waals surface area contributed by atoms with Crippen LogP contribution in [0.2, 0.25) is 5.02 Å². The lowest BCUT2D eigenvalue weighted by Gasteiger charge is -2.49. The van der Waals surface area contributed by atoms with Crippen molar-refractivity contribution in [1.29, 1.82) is 0 Å². The average Bonchev–Trinajstić information content (AvgIpc) is 2.95. The largest absolute Gasteiger partial charge is 0.493 e. The van der Waals surface area contributed by atoms with Gasteiger partial charge >= 0.3 is 0 Å². The van der Waals surface area contributed by atoms with E-state index in [0.717, 1.165) is 70.2 Å². The summed E-state index contributed by atoms with van der Waals surface area (Å²) in [5, 5.41) is 2.66. The van der Waals surface area contributed by atoms with Crippen LogP contribution in [0.3, 0.4) is 0 Å². The third kappa shape index (κ3) is 5.45. The predicted octanol–water partition coefficient (Wildman–Crippen LogP) is 9.18. The summed E-state index contributed by atoms with van der Waals surface area (Å²) in [6, 6.07) is 18.2. The van der Waals surface area contributed by atoms with E-state index in [9.17, 15) is 9.59 Å². The van der Waals surface area contributed by atoms with E-state index < -0.39 is 5.92 Å². The summed E-state index contributed by atoms with van der Waals surface area (Å²) in [5.41, 5.74) is 5.13. The number of hydrogen-bond donors (Lipinski definition) is 0. The van der Waals surface area contributed by atoms with Gasteiger partial charge in [-0.3, -0.25) is 9.59 Å². The molecule has 2 aliphatic carbocycles. The Hall–Kier alpha value is -3.57. The minimum Gasteiger partial charge on any atom is -0.493 e. The molecule has 0 saturated heterocycles. The van der Waals surface area contributed by atoms with Crippen molar-refractivity contribution in [2.45, 2.75) is 79.2 Å². The molecule has 0 saturated carbocycles. The fourth-order valence-electron chi connectivity index (χ4n) is 7.49. The Bertz CT molecular complexity index is 1670. The topological polar surface area (TPSA) is 55.8 Å². The molecular formula is C38H42ClNO4. The summed E-state index contributed by atoms with van der Waals surface area (Å²) in [5.74, 6) is 0.666. The highest BCUT2D eigenvalue weighted by atomic mass is 35.5. The van der Waals surface area contributed by atoms with Gasteiger partial charge in [-0.15, -0.1) is 0 Å². The van der Waals surface area contributed by atoms with Crippen molar-refractivity contribution in [2.24, 2.45) is 10.8 Å². The molecule has 3 aliphatic rings. The number of halogens is 1. The Morgan fingerprint density at radius 1 is 0.864 bits per heavy atom. The predicted molar refractivity (Wildman–Crippen MR) is 176 cm³/mol. The summed E-state index contributed by atoms with van der Waals surface area (Å²) >= 11 is 6.99. The molecular weight excluding hydrogens is 570 g/mol. The maximum absolute atomic E-state index is 14.1. The van der Waals surface area contributed by atoms with Gasteiger partial charge in [-0.1, -0.05) is 88.7 Å². The number of allylic oxidation sites excluding steroid dienone is 4. The van der Waals surface area contributed by atoms with Gasteiger partial charge < -0.3 is 14.4 Å². The van der Waals surface area contributed by atoms with Crippen LogP contribution in [0, 0.1) is 10.8 Å². The number of nitrogens with zero attached hydrogens (tertiary/aromatic N) is 1. The standard InChI is InChI=1S/C38H42ClNO4/c1-7-15-40-28-18-37(2,3)20-30(41)34(28)33(35-29(40)19-38(4,5)21-31(35)42)25-16-27(39)36(32(17-25)43-6)44-22-24-13-10-12-23-11-8-9-14-26(23)24/h8-14,16-17,33H,7,15,18-22H2,1-6H3. The number of Topliss-reactive ketones (excluding diaryl/α,β-unsaturated/α-hetero) is 2. The highest BCUT2D eigenvalue weighted by molar-refractivity contribution is 6.32. The highest BCUT2D eigenvalue weighted by Gasteiger charge is 2.49. The molecule has 230 valence electrons. The van der Waals surface area contributed by atoms with Crippen LogP contribution in [0.4, 0.5) is 0 Å². The van der Waals surface area contributed by atoms with E-state index in [2.05, 4.69) is 63.8 Å². The van der Waals surface area contributed by atoms with E-state index in [-0.39, 0.29) is 22.4 Å². The molecule has 0 radical (unpaired) electrons. The molecule has 1 aliphatic heterocycles. The summed E-state index contributed by atoms with van der Waals surface area (Å²) < 4.78 is 12.2. The Kier molecular flexibility index (Phi) is 7.90. The van der Waals surface area contributed by atoms with Crippen LogP contribution in [-0.4, -0.2) is 30.1 Å². The normalized spacial score (nSPS) is 19.8. The summed E-state index contributed by atoms with van der Waals surface area (Å²) in [6.07, 6.45) is 3.38. The molecule has 0 fully saturated rings. The van der Waals surface area contributed by atoms with Crippen LogP contribution in [0.25, 0.3) is 10.8 Å². The zero-order chi connectivity index (χ0) is 31.4. The van der Waals surface area contributed by atoms with E-state index in [1.807, 2.05) is 30.3 Å². The minimum atomic E-state index is -0.487. The molecule has 0 N–H and O–H groups in total. The second-order valence-corrected chi connectivity index (χ2v) is 14.6. The Labute approximate surface area is 265 Å². The van der Waals surface area contributed by atoms with Crippen LogP contribution in [0.1, 0.15) is 83.8 Å². The molecule has 44 heavy (non-hydrogen) atoms. The van der Waals surface area contributed by atoms with Crippen LogP contribution < -0.4 is 9.47 Å². The fraction of sp³-hybridized carbons (Fsp3) is 0.421. The number of benzene rings is 3. The van der Waals surface area contributed by atoms with Gasteiger partial charge in [0.05, 0.1) is 12.1 Å². The van der Waals surface area contributed by atoms with Gasteiger partial charge in [0.25, 0.3) is 0 Å². The SMILES string of the molecule is CCCN1C2=C(C(=O)CC(C)(C)C2)C(c2cc(Cl)c(OCc3cccc4ccccc34)c(OC)c2)C2=C1CC(C)(C)CC2=O. The lowest BCUT2D eigenvalue weighted by Crippen LogP contribution is -2.44. The second kappa shape index (κ2) is 11.4. The molecule has 0 amide bonds. The molecule has 0 aromatic heterocycles. The molecule has 3 aromatic carbocycles. The lowest BCUT2D eigenvalue weighted by molar-refractivity contribution is -0.119. The van der Waals surface area contributed by atoms with Crippen molar-refractivity contribution >= 4 is 33.9 Å². The molecule has 0 unspecified atom stereocenters. The molecule has 3 aromatic rings. The van der Waals surface area contributed by atoms with Crippen LogP contribution in [-0.2, 0) is 16.2 Å². The number of ether oxygens (including phenoxy) is 2. The zero-order valence-corrected chi connectivity index (χ0v) is 27.4. The van der Waals surface area contributed by atoms with E-state index >= 15 is 0 Å². The summed E-state index contributed by atoms with van der Waals surface area (Å²) in [6.45, 7) is 11.9. The second-order valence-electron chi connectivity index (χ2n) is 14.1. The monoisotopic (exact) mass is 611 g/mol. The quantitative estimate of drug-likeness (QED) is 0.267. The van der Waals surface area contributed by atoms with Gasteiger partial charge in [-0.25, -0.2) is 0 Å². The van der Waals surface area contributed by atoms with E-state index in [1.165, 1.54) is 0 Å². The number of methoxy groups -OCH3 is 1. The molecule has 5 nitrogen and oxygen atoms in total. The van der Waals surface area contributed by atoms with E-state index in [1.54, 1.807) is 7.11 Å². The Balaban J connectivity index is 1.47. The van der Waals surface area contributed by atoms with Crippen molar-refractivity contribution in [2.75, 3.05) is 13.7 Å². The molecule has 0 atom stereocenters. The van der Waals surface area contributed by atoms with Gasteiger partial charge in [-0.2, -0.15) is 0 Å². The fourth-order valence-corrected chi connectivity index (χ4v) is 7.76. The highest BCUT2D eigenvalue weighted by Crippen LogP contribution is 2.55. The van der Waals surface area contributed by atoms with Gasteiger partial charge in [-0.05, 0) is 64.1 Å². The number of carbonyl (C=O) groups excluding carboxylic acids is 2. The molecule has 6 rings (SSSR count). The first-order valence-electron chi connectivity index (χ1n) is 15.7. The number of hydrogen-bond acceptors (Lipinski definition) is 5. The average molecular weight is 612 g/mol. The molecule has 1 heterocycles. The maximum Gasteiger partial charge on any atom is 0.180 e. The lowest BCUT2D eigenvalue weighted by atomic mass is 9.63. The summed E-state index contributed by atoms with van der Waals surface area (Å²) in [4.78, 5) is 30.4.